The topological polar surface area (TPSA) is 65.4 Å². The molecule has 1 heterocycles. The molecule has 0 bridgehead atoms. The van der Waals surface area contributed by atoms with Crippen LogP contribution in [0, 0.1) is 11.3 Å². The quantitative estimate of drug-likeness (QED) is 0.771. The lowest BCUT2D eigenvalue weighted by atomic mass is 9.92. The second-order valence-electron chi connectivity index (χ2n) is 8.61. The number of rotatable bonds is 4. The Labute approximate surface area is 189 Å². The molecule has 2 aromatic carbocycles. The molecule has 2 aliphatic rings. The minimum atomic E-state index is 0.0173. The van der Waals surface area contributed by atoms with Crippen LogP contribution in [0.25, 0.3) is 0 Å². The number of halogens is 1. The Morgan fingerprint density at radius 1 is 1.10 bits per heavy atom. The predicted octanol–water partition coefficient (Wildman–Crippen LogP) is 4.36. The summed E-state index contributed by atoms with van der Waals surface area (Å²) in [6.07, 6.45) is 5.66. The highest BCUT2D eigenvalue weighted by Gasteiger charge is 2.24. The van der Waals surface area contributed by atoms with Gasteiger partial charge in [0.25, 0.3) is 5.91 Å². The molecule has 1 amide bonds. The van der Waals surface area contributed by atoms with Gasteiger partial charge in [-0.1, -0.05) is 17.7 Å². The summed E-state index contributed by atoms with van der Waals surface area (Å²) in [4.78, 5) is 15.2. The first kappa shape index (κ1) is 21.7. The summed E-state index contributed by atoms with van der Waals surface area (Å²) >= 11 is 6.09. The Hall–Kier alpha value is -2.55. The van der Waals surface area contributed by atoms with Crippen molar-refractivity contribution in [1.82, 2.24) is 10.2 Å². The molecule has 1 fully saturated rings. The number of fused-ring (bicyclic) bond motifs is 1. The van der Waals surface area contributed by atoms with Crippen molar-refractivity contribution in [3.05, 3.63) is 63.7 Å². The van der Waals surface area contributed by atoms with E-state index in [1.54, 1.807) is 18.2 Å². The van der Waals surface area contributed by atoms with Gasteiger partial charge in [-0.3, -0.25) is 4.79 Å². The van der Waals surface area contributed by atoms with Gasteiger partial charge >= 0.3 is 0 Å². The second kappa shape index (κ2) is 9.72. The highest BCUT2D eigenvalue weighted by Crippen LogP contribution is 2.27. The largest absolute Gasteiger partial charge is 0.490 e. The summed E-state index contributed by atoms with van der Waals surface area (Å²) < 4.78 is 6.05. The molecule has 1 N–H and O–H groups in total. The Morgan fingerprint density at radius 3 is 2.55 bits per heavy atom. The van der Waals surface area contributed by atoms with E-state index in [-0.39, 0.29) is 18.1 Å². The van der Waals surface area contributed by atoms with Crippen LogP contribution in [0.4, 0.5) is 0 Å². The highest BCUT2D eigenvalue weighted by molar-refractivity contribution is 6.31. The number of ether oxygens (including phenoxy) is 1. The molecular weight excluding hydrogens is 410 g/mol. The lowest BCUT2D eigenvalue weighted by Crippen LogP contribution is -2.39. The first-order chi connectivity index (χ1) is 15.0. The fourth-order valence-electron chi connectivity index (χ4n) is 4.42. The highest BCUT2D eigenvalue weighted by atomic mass is 35.5. The number of hydrogen-bond donors (Lipinski definition) is 1. The van der Waals surface area contributed by atoms with E-state index in [1.165, 1.54) is 11.1 Å². The fourth-order valence-corrected chi connectivity index (χ4v) is 4.64. The van der Waals surface area contributed by atoms with E-state index < -0.39 is 0 Å². The van der Waals surface area contributed by atoms with Gasteiger partial charge in [-0.2, -0.15) is 5.26 Å². The van der Waals surface area contributed by atoms with Crippen molar-refractivity contribution in [2.24, 2.45) is 0 Å². The van der Waals surface area contributed by atoms with Crippen LogP contribution in [-0.4, -0.2) is 43.1 Å². The zero-order chi connectivity index (χ0) is 21.8. The van der Waals surface area contributed by atoms with Crippen LogP contribution in [-0.2, 0) is 12.8 Å². The molecule has 0 saturated heterocycles. The molecule has 6 heteroatoms. The molecule has 31 heavy (non-hydrogen) atoms. The maximum Gasteiger partial charge on any atom is 0.251 e. The van der Waals surface area contributed by atoms with Gasteiger partial charge in [-0.15, -0.1) is 0 Å². The van der Waals surface area contributed by atoms with E-state index in [1.807, 2.05) is 6.07 Å². The molecule has 0 unspecified atom stereocenters. The summed E-state index contributed by atoms with van der Waals surface area (Å²) in [5.41, 5.74) is 3.87. The molecule has 1 aliphatic heterocycles. The van der Waals surface area contributed by atoms with Crippen LogP contribution in [0.3, 0.4) is 0 Å². The SMILES string of the molecule is CN1CCc2ccc(C(=O)N[C@H]3CC[C@H](Oc4ccc(C#N)c(Cl)c4)CC3)cc2CC1. The molecular formula is C25H28ClN3O2. The van der Waals surface area contributed by atoms with Crippen molar-refractivity contribution in [1.29, 1.82) is 5.26 Å². The number of nitriles is 1. The van der Waals surface area contributed by atoms with Crippen LogP contribution in [0.5, 0.6) is 5.75 Å². The molecule has 2 aromatic rings. The monoisotopic (exact) mass is 437 g/mol. The summed E-state index contributed by atoms with van der Waals surface area (Å²) in [5, 5.41) is 12.6. The van der Waals surface area contributed by atoms with Gasteiger partial charge in [0.15, 0.2) is 0 Å². The summed E-state index contributed by atoms with van der Waals surface area (Å²) in [5.74, 6) is 0.704. The zero-order valence-corrected chi connectivity index (χ0v) is 18.6. The number of carbonyl (C=O) groups is 1. The van der Waals surface area contributed by atoms with Crippen molar-refractivity contribution in [3.8, 4) is 11.8 Å². The minimum absolute atomic E-state index is 0.0173. The number of benzene rings is 2. The maximum atomic E-state index is 12.8. The number of carbonyl (C=O) groups excluding carboxylic acids is 1. The normalized spacial score (nSPS) is 21.5. The Kier molecular flexibility index (Phi) is 6.80. The third kappa shape index (κ3) is 5.39. The van der Waals surface area contributed by atoms with E-state index in [0.717, 1.165) is 57.2 Å². The second-order valence-corrected chi connectivity index (χ2v) is 9.01. The van der Waals surface area contributed by atoms with Crippen molar-refractivity contribution >= 4 is 17.5 Å². The van der Waals surface area contributed by atoms with Gasteiger partial charge in [0.2, 0.25) is 0 Å². The predicted molar refractivity (Wildman–Crippen MR) is 122 cm³/mol. The van der Waals surface area contributed by atoms with Crippen molar-refractivity contribution in [2.45, 2.75) is 50.7 Å². The van der Waals surface area contributed by atoms with Gasteiger partial charge in [-0.05, 0) is 81.0 Å². The van der Waals surface area contributed by atoms with Crippen molar-refractivity contribution in [2.75, 3.05) is 20.1 Å². The van der Waals surface area contributed by atoms with E-state index in [4.69, 9.17) is 21.6 Å². The minimum Gasteiger partial charge on any atom is -0.490 e. The van der Waals surface area contributed by atoms with Gasteiger partial charge in [0.05, 0.1) is 16.7 Å². The van der Waals surface area contributed by atoms with Gasteiger partial charge in [0.1, 0.15) is 11.8 Å². The van der Waals surface area contributed by atoms with Crippen LogP contribution in [0.1, 0.15) is 52.7 Å². The zero-order valence-electron chi connectivity index (χ0n) is 17.9. The molecule has 0 radical (unpaired) electrons. The van der Waals surface area contributed by atoms with Crippen LogP contribution in [0.15, 0.2) is 36.4 Å². The maximum absolute atomic E-state index is 12.8. The van der Waals surface area contributed by atoms with E-state index in [9.17, 15) is 4.79 Å². The number of likely N-dealkylation sites (N-methyl/N-ethyl adjacent to an activating group) is 1. The molecule has 1 aliphatic carbocycles. The molecule has 0 spiro atoms. The number of amides is 1. The summed E-state index contributed by atoms with van der Waals surface area (Å²) in [6.45, 7) is 2.10. The number of hydrogen-bond acceptors (Lipinski definition) is 4. The van der Waals surface area contributed by atoms with Gasteiger partial charge in [-0.25, -0.2) is 0 Å². The average molecular weight is 438 g/mol. The first-order valence-corrected chi connectivity index (χ1v) is 11.4. The van der Waals surface area contributed by atoms with E-state index in [2.05, 4.69) is 35.5 Å². The smallest absolute Gasteiger partial charge is 0.251 e. The molecule has 5 nitrogen and oxygen atoms in total. The Balaban J connectivity index is 1.29. The van der Waals surface area contributed by atoms with E-state index >= 15 is 0 Å². The number of nitrogens with zero attached hydrogens (tertiary/aromatic N) is 2. The molecule has 0 aromatic heterocycles. The van der Waals surface area contributed by atoms with Crippen LogP contribution in [0.2, 0.25) is 5.02 Å². The average Bonchev–Trinajstić information content (AvgIpc) is 2.96. The fraction of sp³-hybridized carbons (Fsp3) is 0.440. The lowest BCUT2D eigenvalue weighted by Gasteiger charge is -2.29. The van der Waals surface area contributed by atoms with Crippen LogP contribution >= 0.6 is 11.6 Å². The Bertz CT molecular complexity index is 993. The molecule has 1 saturated carbocycles. The molecule has 162 valence electrons. The summed E-state index contributed by atoms with van der Waals surface area (Å²) in [6, 6.07) is 13.6. The van der Waals surface area contributed by atoms with Crippen molar-refractivity contribution in [3.63, 3.8) is 0 Å². The lowest BCUT2D eigenvalue weighted by molar-refractivity contribution is 0.0894. The van der Waals surface area contributed by atoms with Crippen LogP contribution < -0.4 is 10.1 Å². The van der Waals surface area contributed by atoms with Crippen molar-refractivity contribution < 1.29 is 9.53 Å². The van der Waals surface area contributed by atoms with Gasteiger partial charge in [0, 0.05) is 30.8 Å². The van der Waals surface area contributed by atoms with Gasteiger partial charge < -0.3 is 15.0 Å². The third-order valence-corrected chi connectivity index (χ3v) is 6.68. The summed E-state index contributed by atoms with van der Waals surface area (Å²) in [7, 11) is 2.15. The molecule has 4 rings (SSSR count). The Morgan fingerprint density at radius 2 is 1.84 bits per heavy atom. The standard InChI is InChI=1S/C25H28ClN3O2/c1-29-12-10-17-2-3-19(14-18(17)11-13-29)25(30)28-21-5-8-22(9-6-21)31-23-7-4-20(16-27)24(26)15-23/h2-4,7,14-15,21-22H,5-6,8-13H2,1H3,(H,28,30)/t21-,22-. The first-order valence-electron chi connectivity index (χ1n) is 11.0. The third-order valence-electron chi connectivity index (χ3n) is 6.37. The number of nitrogens with one attached hydrogen (secondary N) is 1. The van der Waals surface area contributed by atoms with E-state index in [0.29, 0.717) is 16.3 Å². The molecule has 0 atom stereocenters.